The monoisotopic (exact) mass is 805 g/mol. The molecule has 5 heterocycles. The van der Waals surface area contributed by atoms with Crippen molar-refractivity contribution in [2.24, 2.45) is 5.92 Å². The number of imide groups is 1. The van der Waals surface area contributed by atoms with Crippen molar-refractivity contribution in [1.82, 2.24) is 4.90 Å². The molecule has 2 unspecified atom stereocenters. The summed E-state index contributed by atoms with van der Waals surface area (Å²) in [5.41, 5.74) is 4.06. The molecule has 0 saturated carbocycles. The lowest BCUT2D eigenvalue weighted by Gasteiger charge is -2.33. The fourth-order valence-electron chi connectivity index (χ4n) is 9.21. The van der Waals surface area contributed by atoms with Gasteiger partial charge in [0.05, 0.1) is 16.0 Å². The van der Waals surface area contributed by atoms with Gasteiger partial charge in [-0.05, 0) is 96.7 Å². The topological polar surface area (TPSA) is 37.4 Å². The number of carbonyl (C=O) groups excluding carboxylic acids is 2. The Morgan fingerprint density at radius 3 is 2.00 bits per heavy atom. The average Bonchev–Trinajstić information content (AvgIpc) is 3.99. The van der Waals surface area contributed by atoms with Gasteiger partial charge in [0.25, 0.3) is 11.8 Å². The van der Waals surface area contributed by atoms with Crippen LogP contribution in [0.5, 0.6) is 0 Å². The number of rotatable bonds is 20. The molecule has 2 aliphatic heterocycles. The molecule has 0 bridgehead atoms. The third kappa shape index (κ3) is 8.06. The van der Waals surface area contributed by atoms with Gasteiger partial charge in [0.15, 0.2) is 8.07 Å². The zero-order valence-corrected chi connectivity index (χ0v) is 37.2. The lowest BCUT2D eigenvalue weighted by atomic mass is 10.0. The van der Waals surface area contributed by atoms with E-state index < -0.39 is 8.07 Å². The molecule has 0 fully saturated rings. The van der Waals surface area contributed by atoms with E-state index in [4.69, 9.17) is 0 Å². The Kier molecular flexibility index (Phi) is 13.1. The Hall–Kier alpha value is -3.10. The first-order chi connectivity index (χ1) is 26.8. The van der Waals surface area contributed by atoms with Gasteiger partial charge < -0.3 is 0 Å². The highest BCUT2D eigenvalue weighted by Crippen LogP contribution is 2.48. The molecule has 0 radical (unpaired) electrons. The predicted molar refractivity (Wildman–Crippen MR) is 241 cm³/mol. The third-order valence-electron chi connectivity index (χ3n) is 12.3. The molecule has 2 atom stereocenters. The van der Waals surface area contributed by atoms with E-state index in [1.165, 1.54) is 111 Å². The van der Waals surface area contributed by atoms with E-state index in [-0.39, 0.29) is 11.8 Å². The van der Waals surface area contributed by atoms with Crippen LogP contribution in [0.1, 0.15) is 139 Å². The molecule has 3 aromatic heterocycles. The van der Waals surface area contributed by atoms with Gasteiger partial charge in [-0.3, -0.25) is 14.5 Å². The van der Waals surface area contributed by atoms with Gasteiger partial charge in [-0.15, -0.1) is 34.0 Å². The summed E-state index contributed by atoms with van der Waals surface area (Å²) in [6.07, 6.45) is 16.8. The molecule has 2 aliphatic rings. The number of amides is 2. The molecule has 7 rings (SSSR count). The van der Waals surface area contributed by atoms with Gasteiger partial charge >= 0.3 is 0 Å². The van der Waals surface area contributed by atoms with Gasteiger partial charge in [0, 0.05) is 30.9 Å². The lowest BCUT2D eigenvalue weighted by Crippen LogP contribution is -2.65. The number of unbranched alkanes of at least 4 members (excludes halogenated alkanes) is 7. The summed E-state index contributed by atoms with van der Waals surface area (Å²) >= 11 is 5.49. The molecule has 2 aromatic carbocycles. The van der Waals surface area contributed by atoms with Crippen molar-refractivity contribution in [3.8, 4) is 19.5 Å². The highest BCUT2D eigenvalue weighted by atomic mass is 32.1. The Labute approximate surface area is 343 Å². The predicted octanol–water partition coefficient (Wildman–Crippen LogP) is 12.3. The highest BCUT2D eigenvalue weighted by molar-refractivity contribution is 7.33. The molecule has 2 amide bonds. The summed E-state index contributed by atoms with van der Waals surface area (Å²) in [7, 11) is -2.40. The van der Waals surface area contributed by atoms with Crippen LogP contribution >= 0.6 is 34.0 Å². The summed E-state index contributed by atoms with van der Waals surface area (Å²) in [6, 6.07) is 26.7. The standard InChI is InChI=1S/C48H59NO2S3Si/c1-6-9-11-12-13-15-23-37-25-27-38(28-26-37)55(32-35(8-3)20-10-7-2)40-30-33(4)52-45(40)46-41(55)31-39(54-46)44-43-42(34(5)53-44)47(50)49(48(43)51)29-19-18-24-36-21-16-14-17-22-36/h14,16-17,21-22,25-28,30-31,35H,6-13,15,18-20,23-24,29,32H2,1-5H3. The van der Waals surface area contributed by atoms with E-state index in [0.717, 1.165) is 35.4 Å². The minimum Gasteiger partial charge on any atom is -0.274 e. The number of fused-ring (bicyclic) bond motifs is 4. The fraction of sp³-hybridized carbons (Fsp3) is 0.458. The number of thiophene rings is 3. The minimum absolute atomic E-state index is 0.102. The first-order valence-corrected chi connectivity index (χ1v) is 25.8. The van der Waals surface area contributed by atoms with Gasteiger partial charge in [0.2, 0.25) is 0 Å². The van der Waals surface area contributed by atoms with Crippen LogP contribution in [-0.4, -0.2) is 31.3 Å². The summed E-state index contributed by atoms with van der Waals surface area (Å²) in [5, 5.41) is 4.69. The Morgan fingerprint density at radius 2 is 1.27 bits per heavy atom. The van der Waals surface area contributed by atoms with Crippen molar-refractivity contribution in [3.05, 3.63) is 98.7 Å². The zero-order chi connectivity index (χ0) is 38.5. The Bertz CT molecular complexity index is 2090. The first kappa shape index (κ1) is 40.1. The summed E-state index contributed by atoms with van der Waals surface area (Å²) < 4.78 is 0. The normalized spacial score (nSPS) is 16.6. The smallest absolute Gasteiger partial charge is 0.263 e. The average molecular weight is 806 g/mol. The van der Waals surface area contributed by atoms with Crippen molar-refractivity contribution in [2.45, 2.75) is 131 Å². The van der Waals surface area contributed by atoms with Gasteiger partial charge in [0.1, 0.15) is 0 Å². The largest absolute Gasteiger partial charge is 0.274 e. The number of hydrogen-bond donors (Lipinski definition) is 0. The van der Waals surface area contributed by atoms with Gasteiger partial charge in [-0.2, -0.15) is 0 Å². The number of benzene rings is 2. The first-order valence-electron chi connectivity index (χ1n) is 21.2. The lowest BCUT2D eigenvalue weighted by molar-refractivity contribution is 0.0651. The van der Waals surface area contributed by atoms with E-state index >= 15 is 0 Å². The van der Waals surface area contributed by atoms with Crippen LogP contribution in [0.4, 0.5) is 0 Å². The number of carbonyl (C=O) groups is 2. The summed E-state index contributed by atoms with van der Waals surface area (Å²) in [5.74, 6) is 0.460. The third-order valence-corrected chi connectivity index (χ3v) is 21.4. The molecule has 0 N–H and O–H groups in total. The molecule has 5 aromatic rings. The fourth-order valence-corrected chi connectivity index (χ4v) is 19.9. The molecule has 290 valence electrons. The van der Waals surface area contributed by atoms with E-state index in [0.29, 0.717) is 23.6 Å². The van der Waals surface area contributed by atoms with Crippen LogP contribution in [0.25, 0.3) is 19.5 Å². The van der Waals surface area contributed by atoms with Crippen molar-refractivity contribution >= 4 is 69.5 Å². The van der Waals surface area contributed by atoms with Crippen LogP contribution in [-0.2, 0) is 12.8 Å². The van der Waals surface area contributed by atoms with Crippen LogP contribution in [0.3, 0.4) is 0 Å². The van der Waals surface area contributed by atoms with Crippen molar-refractivity contribution in [1.29, 1.82) is 0 Å². The van der Waals surface area contributed by atoms with Crippen LogP contribution < -0.4 is 15.6 Å². The van der Waals surface area contributed by atoms with Crippen molar-refractivity contribution < 1.29 is 9.59 Å². The molecule has 0 saturated heterocycles. The van der Waals surface area contributed by atoms with Crippen LogP contribution in [0.15, 0.2) is 66.7 Å². The molecular weight excluding hydrogens is 747 g/mol. The van der Waals surface area contributed by atoms with E-state index in [9.17, 15) is 9.59 Å². The van der Waals surface area contributed by atoms with Crippen molar-refractivity contribution in [2.75, 3.05) is 6.54 Å². The molecule has 3 nitrogen and oxygen atoms in total. The van der Waals surface area contributed by atoms with Crippen LogP contribution in [0, 0.1) is 19.8 Å². The van der Waals surface area contributed by atoms with E-state index in [1.54, 1.807) is 21.7 Å². The number of aryl methyl sites for hydroxylation is 4. The Balaban J connectivity index is 1.22. The van der Waals surface area contributed by atoms with Gasteiger partial charge in [-0.1, -0.05) is 133 Å². The maximum absolute atomic E-state index is 14.2. The molecule has 0 spiro atoms. The summed E-state index contributed by atoms with van der Waals surface area (Å²) in [4.78, 5) is 37.0. The SMILES string of the molecule is CCCCCCCCc1ccc([Si]2(CC(CC)CCCC)c3cc(C)sc3-c3sc(-c4sc(C)c5c4C(=O)N(CCCCc4ccccc4)C5=O)cc32)cc1. The molecule has 0 aliphatic carbocycles. The van der Waals surface area contributed by atoms with Crippen molar-refractivity contribution in [3.63, 3.8) is 0 Å². The maximum atomic E-state index is 14.2. The number of nitrogens with zero attached hydrogens (tertiary/aromatic N) is 1. The Morgan fingerprint density at radius 1 is 0.636 bits per heavy atom. The summed E-state index contributed by atoms with van der Waals surface area (Å²) in [6.45, 7) is 11.8. The van der Waals surface area contributed by atoms with E-state index in [1.807, 2.05) is 35.7 Å². The molecule has 7 heteroatoms. The van der Waals surface area contributed by atoms with Gasteiger partial charge in [-0.25, -0.2) is 0 Å². The highest BCUT2D eigenvalue weighted by Gasteiger charge is 2.51. The molecule has 55 heavy (non-hydrogen) atoms. The second-order valence-corrected chi connectivity index (χ2v) is 23.5. The molecular formula is C48H59NO2S3Si. The second kappa shape index (κ2) is 18.0. The maximum Gasteiger partial charge on any atom is 0.263 e. The minimum atomic E-state index is -2.40. The number of hydrogen-bond acceptors (Lipinski definition) is 5. The zero-order valence-electron chi connectivity index (χ0n) is 33.7. The van der Waals surface area contributed by atoms with Crippen LogP contribution in [0.2, 0.25) is 6.04 Å². The van der Waals surface area contributed by atoms with E-state index in [2.05, 4.69) is 88.4 Å². The quantitative estimate of drug-likeness (QED) is 0.0446. The second-order valence-electron chi connectivity index (χ2n) is 16.1.